The summed E-state index contributed by atoms with van der Waals surface area (Å²) in [6.45, 7) is 0. The highest BCUT2D eigenvalue weighted by molar-refractivity contribution is 7.15. The van der Waals surface area contributed by atoms with Crippen LogP contribution in [0.25, 0.3) is 0 Å². The van der Waals surface area contributed by atoms with Crippen LogP contribution in [0, 0.1) is 0 Å². The minimum Gasteiger partial charge on any atom is -0.448 e. The molecule has 1 amide bonds. The molecule has 1 N–H and O–H groups in total. The maximum absolute atomic E-state index is 12.4. The predicted molar refractivity (Wildman–Crippen MR) is 97.1 cm³/mol. The van der Waals surface area contributed by atoms with E-state index in [1.165, 1.54) is 11.3 Å². The van der Waals surface area contributed by atoms with Gasteiger partial charge in [0.25, 0.3) is 5.91 Å². The summed E-state index contributed by atoms with van der Waals surface area (Å²) in [5.74, 6) is -0.871. The van der Waals surface area contributed by atoms with Crippen molar-refractivity contribution in [2.24, 2.45) is 0 Å². The van der Waals surface area contributed by atoms with Crippen molar-refractivity contribution >= 4 is 28.3 Å². The molecule has 2 aromatic carbocycles. The van der Waals surface area contributed by atoms with Crippen LogP contribution in [0.2, 0.25) is 0 Å². The lowest BCUT2D eigenvalue weighted by molar-refractivity contribution is -0.125. The van der Waals surface area contributed by atoms with Gasteiger partial charge in [-0.1, -0.05) is 59.9 Å². The van der Waals surface area contributed by atoms with Gasteiger partial charge in [-0.05, 0) is 17.2 Å². The van der Waals surface area contributed by atoms with Gasteiger partial charge in [-0.15, -0.1) is 10.2 Å². The summed E-state index contributed by atoms with van der Waals surface area (Å²) in [6.07, 6.45) is 0.141. The standard InChI is InChI=1S/C19H15N3O3S/c23-17(15-11-13-8-4-5-9-14(13)18(24)25-15)20-19-22-21-16(26-19)10-12-6-2-1-3-7-12/h1-9,15H,10-11H2,(H,20,22,23)/t15-/m0/s1. The average Bonchev–Trinajstić information content (AvgIpc) is 3.09. The second kappa shape index (κ2) is 7.05. The fraction of sp³-hybridized carbons (Fsp3) is 0.158. The Morgan fingerprint density at radius 1 is 1.12 bits per heavy atom. The van der Waals surface area contributed by atoms with E-state index in [0.717, 1.165) is 16.1 Å². The van der Waals surface area contributed by atoms with Crippen LogP contribution in [0.5, 0.6) is 0 Å². The van der Waals surface area contributed by atoms with Crippen molar-refractivity contribution in [1.82, 2.24) is 10.2 Å². The Kier molecular flexibility index (Phi) is 4.45. The maximum Gasteiger partial charge on any atom is 0.339 e. The van der Waals surface area contributed by atoms with E-state index in [0.29, 0.717) is 23.5 Å². The Balaban J connectivity index is 1.42. The molecule has 26 heavy (non-hydrogen) atoms. The van der Waals surface area contributed by atoms with Crippen molar-refractivity contribution in [3.05, 3.63) is 76.3 Å². The summed E-state index contributed by atoms with van der Waals surface area (Å²) in [5.41, 5.74) is 2.45. The molecule has 0 unspecified atom stereocenters. The first-order valence-corrected chi connectivity index (χ1v) is 8.97. The van der Waals surface area contributed by atoms with E-state index >= 15 is 0 Å². The minimum atomic E-state index is -0.862. The van der Waals surface area contributed by atoms with E-state index in [9.17, 15) is 9.59 Å². The van der Waals surface area contributed by atoms with Crippen LogP contribution in [-0.4, -0.2) is 28.2 Å². The third-order valence-electron chi connectivity index (χ3n) is 4.08. The molecule has 130 valence electrons. The van der Waals surface area contributed by atoms with Crippen LogP contribution < -0.4 is 5.32 Å². The lowest BCUT2D eigenvalue weighted by atomic mass is 9.98. The van der Waals surface area contributed by atoms with E-state index in [-0.39, 0.29) is 0 Å². The Labute approximate surface area is 153 Å². The molecule has 1 aliphatic rings. The molecule has 1 atom stereocenters. The van der Waals surface area contributed by atoms with Gasteiger partial charge in [-0.25, -0.2) is 4.79 Å². The third-order valence-corrected chi connectivity index (χ3v) is 4.92. The molecule has 0 aliphatic carbocycles. The van der Waals surface area contributed by atoms with Crippen molar-refractivity contribution in [3.8, 4) is 0 Å². The number of carbonyl (C=O) groups is 2. The molecule has 1 aromatic heterocycles. The first kappa shape index (κ1) is 16.4. The molecule has 0 saturated carbocycles. The van der Waals surface area contributed by atoms with Crippen molar-refractivity contribution in [1.29, 1.82) is 0 Å². The van der Waals surface area contributed by atoms with Gasteiger partial charge in [0.05, 0.1) is 5.56 Å². The summed E-state index contributed by atoms with van der Waals surface area (Å²) in [4.78, 5) is 24.5. The van der Waals surface area contributed by atoms with E-state index < -0.39 is 18.0 Å². The van der Waals surface area contributed by atoms with Gasteiger partial charge in [-0.2, -0.15) is 0 Å². The van der Waals surface area contributed by atoms with Crippen LogP contribution >= 0.6 is 11.3 Å². The van der Waals surface area contributed by atoms with Crippen LogP contribution in [-0.2, 0) is 22.4 Å². The maximum atomic E-state index is 12.4. The van der Waals surface area contributed by atoms with Crippen LogP contribution in [0.4, 0.5) is 5.13 Å². The Bertz CT molecular complexity index is 955. The SMILES string of the molecule is O=C1O[C@H](C(=O)Nc2nnc(Cc3ccccc3)s2)Cc2ccccc21. The van der Waals surface area contributed by atoms with Gasteiger partial charge in [0.15, 0.2) is 6.10 Å². The van der Waals surface area contributed by atoms with E-state index in [1.54, 1.807) is 12.1 Å². The van der Waals surface area contributed by atoms with Crippen molar-refractivity contribution in [2.75, 3.05) is 5.32 Å². The molecule has 3 aromatic rings. The first-order chi connectivity index (χ1) is 12.7. The second-order valence-electron chi connectivity index (χ2n) is 5.91. The molecule has 0 fully saturated rings. The monoisotopic (exact) mass is 365 g/mol. The number of carbonyl (C=O) groups excluding carboxylic acids is 2. The Hall–Kier alpha value is -3.06. The van der Waals surface area contributed by atoms with Crippen LogP contribution in [0.15, 0.2) is 54.6 Å². The molecule has 7 heteroatoms. The number of anilines is 1. The number of amides is 1. The number of cyclic esters (lactones) is 1. The number of nitrogens with one attached hydrogen (secondary N) is 1. The minimum absolute atomic E-state index is 0.351. The number of aromatic nitrogens is 2. The van der Waals surface area contributed by atoms with Gasteiger partial charge in [-0.3, -0.25) is 10.1 Å². The first-order valence-electron chi connectivity index (χ1n) is 8.15. The largest absolute Gasteiger partial charge is 0.448 e. The number of benzene rings is 2. The predicted octanol–water partition coefficient (Wildman–Crippen LogP) is 2.85. The highest BCUT2D eigenvalue weighted by Gasteiger charge is 2.31. The van der Waals surface area contributed by atoms with Crippen molar-refractivity contribution in [2.45, 2.75) is 18.9 Å². The number of esters is 1. The quantitative estimate of drug-likeness (QED) is 0.719. The summed E-state index contributed by atoms with van der Waals surface area (Å²) in [6, 6.07) is 17.1. The third kappa shape index (κ3) is 3.48. The van der Waals surface area contributed by atoms with E-state index in [1.807, 2.05) is 42.5 Å². The zero-order valence-electron chi connectivity index (χ0n) is 13.7. The fourth-order valence-corrected chi connectivity index (χ4v) is 3.59. The Morgan fingerprint density at radius 3 is 2.73 bits per heavy atom. The van der Waals surface area contributed by atoms with E-state index in [2.05, 4.69) is 15.5 Å². The van der Waals surface area contributed by atoms with Gasteiger partial charge in [0.1, 0.15) is 5.01 Å². The van der Waals surface area contributed by atoms with Crippen molar-refractivity contribution < 1.29 is 14.3 Å². The van der Waals surface area contributed by atoms with Gasteiger partial charge in [0.2, 0.25) is 5.13 Å². The topological polar surface area (TPSA) is 81.2 Å². The molecular weight excluding hydrogens is 350 g/mol. The van der Waals surface area contributed by atoms with Crippen LogP contribution in [0.1, 0.15) is 26.5 Å². The molecule has 0 radical (unpaired) electrons. The fourth-order valence-electron chi connectivity index (χ4n) is 2.81. The lowest BCUT2D eigenvalue weighted by Gasteiger charge is -2.23. The van der Waals surface area contributed by atoms with Crippen LogP contribution in [0.3, 0.4) is 0 Å². The summed E-state index contributed by atoms with van der Waals surface area (Å²) < 4.78 is 5.25. The summed E-state index contributed by atoms with van der Waals surface area (Å²) in [7, 11) is 0. The van der Waals surface area contributed by atoms with Gasteiger partial charge >= 0.3 is 5.97 Å². The second-order valence-corrected chi connectivity index (χ2v) is 6.97. The number of hydrogen-bond acceptors (Lipinski definition) is 6. The Morgan fingerprint density at radius 2 is 1.88 bits per heavy atom. The molecule has 0 bridgehead atoms. The molecule has 1 aliphatic heterocycles. The number of hydrogen-bond donors (Lipinski definition) is 1. The molecule has 4 rings (SSSR count). The highest BCUT2D eigenvalue weighted by atomic mass is 32.1. The lowest BCUT2D eigenvalue weighted by Crippen LogP contribution is -2.37. The van der Waals surface area contributed by atoms with Crippen molar-refractivity contribution in [3.63, 3.8) is 0 Å². The number of ether oxygens (including phenoxy) is 1. The molecule has 6 nitrogen and oxygen atoms in total. The molecule has 2 heterocycles. The normalized spacial score (nSPS) is 15.8. The summed E-state index contributed by atoms with van der Waals surface area (Å²) >= 11 is 1.31. The number of rotatable bonds is 4. The summed E-state index contributed by atoms with van der Waals surface area (Å²) in [5, 5.41) is 12.0. The van der Waals surface area contributed by atoms with Gasteiger partial charge < -0.3 is 4.74 Å². The smallest absolute Gasteiger partial charge is 0.339 e. The van der Waals surface area contributed by atoms with Gasteiger partial charge in [0, 0.05) is 12.8 Å². The average molecular weight is 365 g/mol. The molecule has 0 spiro atoms. The number of nitrogens with zero attached hydrogens (tertiary/aromatic N) is 2. The highest BCUT2D eigenvalue weighted by Crippen LogP contribution is 2.23. The molecular formula is C19H15N3O3S. The van der Waals surface area contributed by atoms with E-state index in [4.69, 9.17) is 4.74 Å². The number of fused-ring (bicyclic) bond motifs is 1. The molecule has 0 saturated heterocycles. The zero-order chi connectivity index (χ0) is 17.9. The zero-order valence-corrected chi connectivity index (χ0v) is 14.5.